The van der Waals surface area contributed by atoms with Gasteiger partial charge in [0.1, 0.15) is 12.6 Å². The number of carbonyl (C=O) groups is 2. The highest BCUT2D eigenvalue weighted by atomic mass is 79.9. The molecule has 192 valence electrons. The summed E-state index contributed by atoms with van der Waals surface area (Å²) in [5, 5.41) is 2.83. The van der Waals surface area contributed by atoms with Gasteiger partial charge in [0.25, 0.3) is 0 Å². The number of rotatable bonds is 10. The Morgan fingerprint density at radius 2 is 1.71 bits per heavy atom. The van der Waals surface area contributed by atoms with Crippen LogP contribution in [0.1, 0.15) is 52.2 Å². The number of sulfonamides is 1. The number of nitrogens with zero attached hydrogens (tertiary/aromatic N) is 2. The smallest absolute Gasteiger partial charge is 0.244 e. The average molecular weight is 567 g/mol. The van der Waals surface area contributed by atoms with Crippen molar-refractivity contribution in [3.8, 4) is 0 Å². The standard InChI is InChI=1S/C26H36BrN3O4S/c1-7-15-28-25(32)19(2)29(17-20-9-8-10-22(27)16-20)24(31)18-30(35(6,33)34)23-13-11-21(12-14-23)26(3,4)5/h8-14,16,19H,7,15,17-18H2,1-6H3,(H,28,32). The number of amides is 2. The fourth-order valence-electron chi connectivity index (χ4n) is 3.55. The predicted molar refractivity (Wildman–Crippen MR) is 145 cm³/mol. The number of hydrogen-bond acceptors (Lipinski definition) is 4. The Kier molecular flexibility index (Phi) is 9.92. The summed E-state index contributed by atoms with van der Waals surface area (Å²) in [6.45, 7) is 10.1. The highest BCUT2D eigenvalue weighted by Gasteiger charge is 2.30. The van der Waals surface area contributed by atoms with Crippen molar-refractivity contribution >= 4 is 43.5 Å². The molecule has 0 bridgehead atoms. The first-order valence-corrected chi connectivity index (χ1v) is 14.3. The Morgan fingerprint density at radius 1 is 1.09 bits per heavy atom. The molecule has 0 aromatic heterocycles. The molecule has 9 heteroatoms. The first-order valence-electron chi connectivity index (χ1n) is 11.6. The zero-order valence-electron chi connectivity index (χ0n) is 21.3. The van der Waals surface area contributed by atoms with Crippen LogP contribution in [0.15, 0.2) is 53.0 Å². The average Bonchev–Trinajstić information content (AvgIpc) is 2.77. The number of halogens is 1. The van der Waals surface area contributed by atoms with Crippen LogP contribution in [0.4, 0.5) is 5.69 Å². The van der Waals surface area contributed by atoms with Gasteiger partial charge in [0.05, 0.1) is 11.9 Å². The van der Waals surface area contributed by atoms with Crippen LogP contribution >= 0.6 is 15.9 Å². The van der Waals surface area contributed by atoms with Gasteiger partial charge in [-0.15, -0.1) is 0 Å². The molecular formula is C26H36BrN3O4S. The molecule has 1 unspecified atom stereocenters. The molecule has 0 spiro atoms. The SMILES string of the molecule is CCCNC(=O)C(C)N(Cc1cccc(Br)c1)C(=O)CN(c1ccc(C(C)(C)C)cc1)S(C)(=O)=O. The highest BCUT2D eigenvalue weighted by Crippen LogP contribution is 2.26. The zero-order valence-corrected chi connectivity index (χ0v) is 23.7. The van der Waals surface area contributed by atoms with Crippen molar-refractivity contribution < 1.29 is 18.0 Å². The molecular weight excluding hydrogens is 530 g/mol. The molecule has 2 aromatic carbocycles. The van der Waals surface area contributed by atoms with Gasteiger partial charge in [-0.25, -0.2) is 8.42 Å². The van der Waals surface area contributed by atoms with Crippen molar-refractivity contribution in [1.29, 1.82) is 0 Å². The van der Waals surface area contributed by atoms with Gasteiger partial charge in [-0.1, -0.05) is 67.9 Å². The number of benzene rings is 2. The third-order valence-electron chi connectivity index (χ3n) is 5.66. The van der Waals surface area contributed by atoms with Crippen molar-refractivity contribution in [1.82, 2.24) is 10.2 Å². The Morgan fingerprint density at radius 3 is 2.23 bits per heavy atom. The molecule has 35 heavy (non-hydrogen) atoms. The van der Waals surface area contributed by atoms with Crippen LogP contribution in [-0.2, 0) is 31.6 Å². The summed E-state index contributed by atoms with van der Waals surface area (Å²) in [7, 11) is -3.76. The summed E-state index contributed by atoms with van der Waals surface area (Å²) in [4.78, 5) is 27.7. The second-order valence-corrected chi connectivity index (χ2v) is 12.5. The van der Waals surface area contributed by atoms with E-state index in [9.17, 15) is 18.0 Å². The van der Waals surface area contributed by atoms with Gasteiger partial charge >= 0.3 is 0 Å². The van der Waals surface area contributed by atoms with Gasteiger partial charge in [0, 0.05) is 17.6 Å². The maximum Gasteiger partial charge on any atom is 0.244 e. The lowest BCUT2D eigenvalue weighted by Crippen LogP contribution is -2.51. The van der Waals surface area contributed by atoms with Crippen molar-refractivity contribution in [3.05, 3.63) is 64.1 Å². The first-order chi connectivity index (χ1) is 16.2. The monoisotopic (exact) mass is 565 g/mol. The molecule has 2 aromatic rings. The molecule has 0 saturated carbocycles. The van der Waals surface area contributed by atoms with E-state index in [0.717, 1.165) is 32.6 Å². The number of hydrogen-bond donors (Lipinski definition) is 1. The minimum absolute atomic E-state index is 0.0910. The molecule has 0 radical (unpaired) electrons. The molecule has 0 heterocycles. The Hall–Kier alpha value is -2.39. The van der Waals surface area contributed by atoms with Gasteiger partial charge in [0.15, 0.2) is 0 Å². The quantitative estimate of drug-likeness (QED) is 0.460. The first kappa shape index (κ1) is 28.8. The molecule has 7 nitrogen and oxygen atoms in total. The lowest BCUT2D eigenvalue weighted by atomic mass is 9.87. The second-order valence-electron chi connectivity index (χ2n) is 9.69. The molecule has 2 rings (SSSR count). The molecule has 0 aliphatic rings. The van der Waals surface area contributed by atoms with Crippen LogP contribution in [0.2, 0.25) is 0 Å². The van der Waals surface area contributed by atoms with Crippen molar-refractivity contribution in [3.63, 3.8) is 0 Å². The molecule has 1 atom stereocenters. The molecule has 1 N–H and O–H groups in total. The summed E-state index contributed by atoms with van der Waals surface area (Å²) in [5.74, 6) is -0.745. The van der Waals surface area contributed by atoms with Crippen LogP contribution in [0.25, 0.3) is 0 Å². The minimum Gasteiger partial charge on any atom is -0.354 e. The van der Waals surface area contributed by atoms with Gasteiger partial charge in [-0.3, -0.25) is 13.9 Å². The third-order valence-corrected chi connectivity index (χ3v) is 7.29. The van der Waals surface area contributed by atoms with Crippen LogP contribution in [-0.4, -0.2) is 50.5 Å². The summed E-state index contributed by atoms with van der Waals surface area (Å²) in [6, 6.07) is 13.9. The Balaban J connectivity index is 2.38. The van der Waals surface area contributed by atoms with Crippen molar-refractivity contribution in [2.24, 2.45) is 0 Å². The van der Waals surface area contributed by atoms with Crippen LogP contribution in [0.3, 0.4) is 0 Å². The zero-order chi connectivity index (χ0) is 26.4. The second kappa shape index (κ2) is 12.0. The molecule has 0 fully saturated rings. The van der Waals surface area contributed by atoms with E-state index >= 15 is 0 Å². The summed E-state index contributed by atoms with van der Waals surface area (Å²) < 4.78 is 27.3. The van der Waals surface area contributed by atoms with E-state index in [2.05, 4.69) is 42.0 Å². The lowest BCUT2D eigenvalue weighted by Gasteiger charge is -2.31. The van der Waals surface area contributed by atoms with E-state index in [1.54, 1.807) is 19.1 Å². The Labute approximate surface area is 218 Å². The van der Waals surface area contributed by atoms with Crippen molar-refractivity contribution in [2.75, 3.05) is 23.7 Å². The van der Waals surface area contributed by atoms with Crippen LogP contribution in [0, 0.1) is 0 Å². The predicted octanol–water partition coefficient (Wildman–Crippen LogP) is 4.46. The van der Waals surface area contributed by atoms with Crippen LogP contribution < -0.4 is 9.62 Å². The van der Waals surface area contributed by atoms with E-state index in [1.807, 2.05) is 43.3 Å². The van der Waals surface area contributed by atoms with E-state index < -0.39 is 28.5 Å². The number of nitrogens with one attached hydrogen (secondary N) is 1. The summed E-state index contributed by atoms with van der Waals surface area (Å²) >= 11 is 3.44. The van der Waals surface area contributed by atoms with E-state index in [1.165, 1.54) is 4.90 Å². The van der Waals surface area contributed by atoms with Crippen molar-refractivity contribution in [2.45, 2.75) is 59.0 Å². The largest absolute Gasteiger partial charge is 0.354 e. The van der Waals surface area contributed by atoms with Gasteiger partial charge < -0.3 is 10.2 Å². The molecule has 2 amide bonds. The van der Waals surface area contributed by atoms with E-state index in [0.29, 0.717) is 12.2 Å². The maximum absolute atomic E-state index is 13.5. The maximum atomic E-state index is 13.5. The fourth-order valence-corrected chi connectivity index (χ4v) is 4.85. The van der Waals surface area contributed by atoms with Crippen LogP contribution in [0.5, 0.6) is 0 Å². The topological polar surface area (TPSA) is 86.8 Å². The van der Waals surface area contributed by atoms with Gasteiger partial charge in [-0.05, 0) is 54.2 Å². The third kappa shape index (κ3) is 8.35. The highest BCUT2D eigenvalue weighted by molar-refractivity contribution is 9.10. The fraction of sp³-hybridized carbons (Fsp3) is 0.462. The van der Waals surface area contributed by atoms with E-state index in [-0.39, 0.29) is 17.9 Å². The number of carbonyl (C=O) groups excluding carboxylic acids is 2. The molecule has 0 saturated heterocycles. The van der Waals surface area contributed by atoms with E-state index in [4.69, 9.17) is 0 Å². The van der Waals surface area contributed by atoms with Gasteiger partial charge in [-0.2, -0.15) is 0 Å². The Bertz CT molecular complexity index is 1130. The molecule has 0 aliphatic heterocycles. The van der Waals surface area contributed by atoms with Gasteiger partial charge in [0.2, 0.25) is 21.8 Å². The minimum atomic E-state index is -3.76. The summed E-state index contributed by atoms with van der Waals surface area (Å²) in [5.41, 5.74) is 2.19. The normalized spacial score (nSPS) is 12.7. The number of anilines is 1. The lowest BCUT2D eigenvalue weighted by molar-refractivity contribution is -0.139. The molecule has 0 aliphatic carbocycles. The summed E-state index contributed by atoms with van der Waals surface area (Å²) in [6.07, 6.45) is 1.85.